The van der Waals surface area contributed by atoms with Crippen LogP contribution in [0.4, 0.5) is 5.69 Å². The Kier molecular flexibility index (Phi) is 8.42. The molecule has 0 N–H and O–H groups in total. The number of amides is 1. The van der Waals surface area contributed by atoms with Gasteiger partial charge in [0.05, 0.1) is 13.7 Å². The summed E-state index contributed by atoms with van der Waals surface area (Å²) in [6, 6.07) is 20.1. The summed E-state index contributed by atoms with van der Waals surface area (Å²) >= 11 is 6.20. The second-order valence-electron chi connectivity index (χ2n) is 9.21. The van der Waals surface area contributed by atoms with Crippen LogP contribution in [-0.4, -0.2) is 63.4 Å². The molecule has 0 spiro atoms. The van der Waals surface area contributed by atoms with Crippen molar-refractivity contribution < 1.29 is 17.9 Å². The number of aryl methyl sites for hydroxylation is 2. The maximum Gasteiger partial charge on any atom is 0.247 e. The number of nitrogens with zero attached hydrogens (tertiary/aromatic N) is 3. The maximum atomic E-state index is 13.8. The molecule has 1 heterocycles. The van der Waals surface area contributed by atoms with Gasteiger partial charge in [0.2, 0.25) is 15.9 Å². The van der Waals surface area contributed by atoms with Gasteiger partial charge in [0.15, 0.2) is 0 Å². The monoisotopic (exact) mass is 541 g/mol. The summed E-state index contributed by atoms with van der Waals surface area (Å²) in [4.78, 5) is 17.4. The second-order valence-corrected chi connectivity index (χ2v) is 11.6. The standard InChI is InChI=1S/C28H32ClN3O4S/c1-21-9-12-26(36-3)27(17-21)37(34,35)32(19-23-7-5-4-6-8-23)20-28(33)31-15-13-30(14-16-31)25-18-24(29)11-10-22(25)2/h4-12,17-18H,13-16,19-20H2,1-3H3. The lowest BCUT2D eigenvalue weighted by atomic mass is 10.1. The molecule has 0 unspecified atom stereocenters. The van der Waals surface area contributed by atoms with Crippen LogP contribution in [0.25, 0.3) is 0 Å². The Morgan fingerprint density at radius 2 is 1.68 bits per heavy atom. The summed E-state index contributed by atoms with van der Waals surface area (Å²) < 4.78 is 34.3. The van der Waals surface area contributed by atoms with E-state index in [-0.39, 0.29) is 29.6 Å². The fourth-order valence-corrected chi connectivity index (χ4v) is 6.29. The molecule has 0 bridgehead atoms. The van der Waals surface area contributed by atoms with Crippen molar-refractivity contribution in [1.82, 2.24) is 9.21 Å². The molecule has 0 atom stereocenters. The van der Waals surface area contributed by atoms with E-state index < -0.39 is 10.0 Å². The molecule has 4 rings (SSSR count). The molecule has 1 aliphatic rings. The highest BCUT2D eigenvalue weighted by molar-refractivity contribution is 7.89. The fraction of sp³-hybridized carbons (Fsp3) is 0.321. The van der Waals surface area contributed by atoms with E-state index in [1.807, 2.05) is 62.4 Å². The van der Waals surface area contributed by atoms with Crippen LogP contribution in [0.3, 0.4) is 0 Å². The molecular formula is C28H32ClN3O4S. The van der Waals surface area contributed by atoms with E-state index in [2.05, 4.69) is 4.90 Å². The number of halogens is 1. The van der Waals surface area contributed by atoms with Crippen molar-refractivity contribution in [1.29, 1.82) is 0 Å². The van der Waals surface area contributed by atoms with Gasteiger partial charge >= 0.3 is 0 Å². The van der Waals surface area contributed by atoms with E-state index in [1.54, 1.807) is 23.1 Å². The number of carbonyl (C=O) groups is 1. The van der Waals surface area contributed by atoms with Gasteiger partial charge in [-0.1, -0.05) is 54.1 Å². The lowest BCUT2D eigenvalue weighted by molar-refractivity contribution is -0.131. The van der Waals surface area contributed by atoms with Crippen LogP contribution in [0.5, 0.6) is 5.75 Å². The van der Waals surface area contributed by atoms with E-state index in [4.69, 9.17) is 16.3 Å². The van der Waals surface area contributed by atoms with E-state index >= 15 is 0 Å². The largest absolute Gasteiger partial charge is 0.495 e. The molecule has 7 nitrogen and oxygen atoms in total. The molecule has 37 heavy (non-hydrogen) atoms. The van der Waals surface area contributed by atoms with Gasteiger partial charge in [-0.05, 0) is 54.8 Å². The molecule has 9 heteroatoms. The van der Waals surface area contributed by atoms with Gasteiger partial charge in [0, 0.05) is 43.4 Å². The van der Waals surface area contributed by atoms with Crippen LogP contribution in [0.1, 0.15) is 16.7 Å². The third kappa shape index (κ3) is 6.26. The van der Waals surface area contributed by atoms with E-state index in [1.165, 1.54) is 11.4 Å². The van der Waals surface area contributed by atoms with Crippen molar-refractivity contribution in [3.63, 3.8) is 0 Å². The molecular weight excluding hydrogens is 510 g/mol. The maximum absolute atomic E-state index is 13.8. The normalized spacial score (nSPS) is 14.2. The van der Waals surface area contributed by atoms with Gasteiger partial charge in [-0.3, -0.25) is 4.79 Å². The first-order valence-electron chi connectivity index (χ1n) is 12.2. The number of hydrogen-bond donors (Lipinski definition) is 0. The zero-order chi connectivity index (χ0) is 26.6. The Balaban J connectivity index is 1.54. The Hall–Kier alpha value is -3.07. The second kappa shape index (κ2) is 11.5. The molecule has 1 amide bonds. The first kappa shape index (κ1) is 27.0. The molecule has 3 aromatic rings. The molecule has 0 saturated carbocycles. The number of ether oxygens (including phenoxy) is 1. The van der Waals surface area contributed by atoms with Gasteiger partial charge in [0.25, 0.3) is 0 Å². The van der Waals surface area contributed by atoms with E-state index in [0.717, 1.165) is 22.4 Å². The fourth-order valence-electron chi connectivity index (χ4n) is 4.51. The van der Waals surface area contributed by atoms with Gasteiger partial charge in [-0.25, -0.2) is 8.42 Å². The zero-order valence-electron chi connectivity index (χ0n) is 21.4. The van der Waals surface area contributed by atoms with Gasteiger partial charge in [-0.15, -0.1) is 0 Å². The Morgan fingerprint density at radius 1 is 0.973 bits per heavy atom. The van der Waals surface area contributed by atoms with Crippen molar-refractivity contribution in [2.75, 3.05) is 44.7 Å². The number of sulfonamides is 1. The summed E-state index contributed by atoms with van der Waals surface area (Å²) in [5, 5.41) is 0.674. The third-order valence-corrected chi connectivity index (χ3v) is 8.64. The van der Waals surface area contributed by atoms with Crippen molar-refractivity contribution in [2.24, 2.45) is 0 Å². The summed E-state index contributed by atoms with van der Waals surface area (Å²) in [5.74, 6) is 0.0233. The summed E-state index contributed by atoms with van der Waals surface area (Å²) in [7, 11) is -2.58. The number of hydrogen-bond acceptors (Lipinski definition) is 5. The van der Waals surface area contributed by atoms with Crippen molar-refractivity contribution in [3.05, 3.63) is 88.4 Å². The van der Waals surface area contributed by atoms with E-state index in [9.17, 15) is 13.2 Å². The quantitative estimate of drug-likeness (QED) is 0.420. The molecule has 196 valence electrons. The molecule has 1 aliphatic heterocycles. The molecule has 0 radical (unpaired) electrons. The highest BCUT2D eigenvalue weighted by Crippen LogP contribution is 2.29. The predicted molar refractivity (Wildman–Crippen MR) is 147 cm³/mol. The van der Waals surface area contributed by atoms with Crippen LogP contribution < -0.4 is 9.64 Å². The summed E-state index contributed by atoms with van der Waals surface area (Å²) in [6.45, 7) is 5.96. The SMILES string of the molecule is COc1ccc(C)cc1S(=O)(=O)N(CC(=O)N1CCN(c2cc(Cl)ccc2C)CC1)Cc1ccccc1. The van der Waals surface area contributed by atoms with Crippen LogP contribution >= 0.6 is 11.6 Å². The Bertz CT molecular complexity index is 1360. The average molecular weight is 542 g/mol. The van der Waals surface area contributed by atoms with Crippen molar-refractivity contribution >= 4 is 33.2 Å². The molecule has 1 saturated heterocycles. The van der Waals surface area contributed by atoms with Gasteiger partial charge in [-0.2, -0.15) is 4.31 Å². The van der Waals surface area contributed by atoms with Crippen LogP contribution in [-0.2, 0) is 21.4 Å². The number of rotatable bonds is 8. The first-order chi connectivity index (χ1) is 17.7. The third-order valence-electron chi connectivity index (χ3n) is 6.59. The minimum absolute atomic E-state index is 0.0555. The highest BCUT2D eigenvalue weighted by Gasteiger charge is 2.32. The molecule has 0 aromatic heterocycles. The lowest BCUT2D eigenvalue weighted by Gasteiger charge is -2.37. The minimum Gasteiger partial charge on any atom is -0.495 e. The van der Waals surface area contributed by atoms with Crippen molar-refractivity contribution in [3.8, 4) is 5.75 Å². The number of carbonyl (C=O) groups excluding carboxylic acids is 1. The summed E-state index contributed by atoms with van der Waals surface area (Å²) in [5.41, 5.74) is 3.76. The van der Waals surface area contributed by atoms with Crippen LogP contribution in [0.15, 0.2) is 71.6 Å². The first-order valence-corrected chi connectivity index (χ1v) is 14.0. The topological polar surface area (TPSA) is 70.2 Å². The summed E-state index contributed by atoms with van der Waals surface area (Å²) in [6.07, 6.45) is 0. The number of piperazine rings is 1. The predicted octanol–water partition coefficient (Wildman–Crippen LogP) is 4.51. The minimum atomic E-state index is -4.03. The molecule has 0 aliphatic carbocycles. The Morgan fingerprint density at radius 3 is 2.35 bits per heavy atom. The zero-order valence-corrected chi connectivity index (χ0v) is 22.9. The average Bonchev–Trinajstić information content (AvgIpc) is 2.90. The van der Waals surface area contributed by atoms with E-state index in [0.29, 0.717) is 31.2 Å². The highest BCUT2D eigenvalue weighted by atomic mass is 35.5. The number of anilines is 1. The van der Waals surface area contributed by atoms with Crippen molar-refractivity contribution in [2.45, 2.75) is 25.3 Å². The smallest absolute Gasteiger partial charge is 0.247 e. The molecule has 3 aromatic carbocycles. The number of methoxy groups -OCH3 is 1. The van der Waals surface area contributed by atoms with Crippen LogP contribution in [0, 0.1) is 13.8 Å². The molecule has 1 fully saturated rings. The van der Waals surface area contributed by atoms with Gasteiger partial charge in [0.1, 0.15) is 10.6 Å². The number of benzene rings is 3. The van der Waals surface area contributed by atoms with Crippen LogP contribution in [0.2, 0.25) is 5.02 Å². The lowest BCUT2D eigenvalue weighted by Crippen LogP contribution is -2.52. The van der Waals surface area contributed by atoms with Gasteiger partial charge < -0.3 is 14.5 Å². The Labute approximate surface area is 224 Å².